The zero-order valence-corrected chi connectivity index (χ0v) is 14.8. The number of hydrogen-bond donors (Lipinski definition) is 1. The van der Waals surface area contributed by atoms with E-state index >= 15 is 0 Å². The Balaban J connectivity index is 2.13. The zero-order chi connectivity index (χ0) is 17.7. The number of nitrogens with one attached hydrogen (secondary N) is 1. The molecule has 24 heavy (non-hydrogen) atoms. The van der Waals surface area contributed by atoms with E-state index in [2.05, 4.69) is 10.3 Å². The Morgan fingerprint density at radius 1 is 1.17 bits per heavy atom. The number of nitrogens with zero attached hydrogens (tertiary/aromatic N) is 2. The highest BCUT2D eigenvalue weighted by atomic mass is 32.2. The van der Waals surface area contributed by atoms with Crippen molar-refractivity contribution in [3.05, 3.63) is 59.4 Å². The van der Waals surface area contributed by atoms with Gasteiger partial charge in [0, 0.05) is 18.9 Å². The number of sulfonamides is 1. The minimum atomic E-state index is -3.57. The number of carbonyl (C=O) groups is 1. The van der Waals surface area contributed by atoms with Crippen LogP contribution in [-0.2, 0) is 21.4 Å². The average Bonchev–Trinajstić information content (AvgIpc) is 2.51. The maximum Gasteiger partial charge on any atom is 0.241 e. The lowest BCUT2D eigenvalue weighted by atomic mass is 10.1. The highest BCUT2D eigenvalue weighted by Gasteiger charge is 2.22. The largest absolute Gasteiger partial charge is 0.350 e. The Hall–Kier alpha value is -2.41. The van der Waals surface area contributed by atoms with E-state index in [4.69, 9.17) is 0 Å². The molecular formula is C17H21N3O3S. The van der Waals surface area contributed by atoms with Gasteiger partial charge in [-0.3, -0.25) is 14.1 Å². The fourth-order valence-corrected chi connectivity index (χ4v) is 3.27. The van der Waals surface area contributed by atoms with Crippen LogP contribution in [0.4, 0.5) is 5.69 Å². The van der Waals surface area contributed by atoms with E-state index in [9.17, 15) is 13.2 Å². The van der Waals surface area contributed by atoms with Gasteiger partial charge in [-0.2, -0.15) is 0 Å². The smallest absolute Gasteiger partial charge is 0.241 e. The number of amides is 1. The maximum absolute atomic E-state index is 12.2. The van der Waals surface area contributed by atoms with E-state index in [0.717, 1.165) is 27.3 Å². The summed E-state index contributed by atoms with van der Waals surface area (Å²) in [5.41, 5.74) is 3.26. The summed E-state index contributed by atoms with van der Waals surface area (Å²) >= 11 is 0. The molecular weight excluding hydrogens is 326 g/mol. The predicted octanol–water partition coefficient (Wildman–Crippen LogP) is 1.78. The van der Waals surface area contributed by atoms with Crippen molar-refractivity contribution in [3.8, 4) is 0 Å². The number of pyridine rings is 1. The minimum absolute atomic E-state index is 0.256. The van der Waals surface area contributed by atoms with Crippen molar-refractivity contribution in [2.45, 2.75) is 20.4 Å². The molecule has 0 aliphatic carbocycles. The van der Waals surface area contributed by atoms with Gasteiger partial charge in [0.1, 0.15) is 6.54 Å². The number of rotatable bonds is 6. The normalized spacial score (nSPS) is 11.1. The second kappa shape index (κ2) is 7.44. The fraction of sp³-hybridized carbons (Fsp3) is 0.294. The third-order valence-corrected chi connectivity index (χ3v) is 4.67. The second-order valence-corrected chi connectivity index (χ2v) is 7.60. The second-order valence-electron chi connectivity index (χ2n) is 5.69. The van der Waals surface area contributed by atoms with E-state index < -0.39 is 10.0 Å². The molecule has 2 aromatic rings. The minimum Gasteiger partial charge on any atom is -0.350 e. The number of hydrogen-bond acceptors (Lipinski definition) is 4. The quantitative estimate of drug-likeness (QED) is 0.864. The van der Waals surface area contributed by atoms with E-state index in [1.54, 1.807) is 30.6 Å². The number of aryl methyl sites for hydroxylation is 2. The summed E-state index contributed by atoms with van der Waals surface area (Å²) < 4.78 is 25.4. The van der Waals surface area contributed by atoms with Crippen molar-refractivity contribution < 1.29 is 13.2 Å². The van der Waals surface area contributed by atoms with Gasteiger partial charge in [0.25, 0.3) is 0 Å². The van der Waals surface area contributed by atoms with Gasteiger partial charge in [-0.25, -0.2) is 8.42 Å². The molecule has 0 saturated carbocycles. The van der Waals surface area contributed by atoms with Crippen molar-refractivity contribution in [2.24, 2.45) is 0 Å². The van der Waals surface area contributed by atoms with Crippen LogP contribution in [0.2, 0.25) is 0 Å². The molecule has 6 nitrogen and oxygen atoms in total. The number of anilines is 1. The van der Waals surface area contributed by atoms with Crippen LogP contribution in [0.1, 0.15) is 16.7 Å². The molecule has 1 aromatic heterocycles. The molecule has 7 heteroatoms. The van der Waals surface area contributed by atoms with Gasteiger partial charge in [-0.05, 0) is 43.2 Å². The van der Waals surface area contributed by atoms with Crippen LogP contribution in [0.15, 0.2) is 42.7 Å². The summed E-state index contributed by atoms with van der Waals surface area (Å²) in [6.45, 7) is 3.83. The summed E-state index contributed by atoms with van der Waals surface area (Å²) in [4.78, 5) is 16.1. The van der Waals surface area contributed by atoms with E-state index in [0.29, 0.717) is 12.2 Å². The van der Waals surface area contributed by atoms with Gasteiger partial charge < -0.3 is 5.32 Å². The Kier molecular flexibility index (Phi) is 5.56. The summed E-state index contributed by atoms with van der Waals surface area (Å²) in [5, 5.41) is 2.73. The molecule has 0 atom stereocenters. The number of aromatic nitrogens is 1. The molecule has 0 unspecified atom stereocenters. The van der Waals surface area contributed by atoms with Crippen LogP contribution >= 0.6 is 0 Å². The van der Waals surface area contributed by atoms with Gasteiger partial charge in [-0.1, -0.05) is 17.7 Å². The van der Waals surface area contributed by atoms with Gasteiger partial charge in [0.2, 0.25) is 15.9 Å². The van der Waals surface area contributed by atoms with E-state index in [1.807, 2.05) is 26.0 Å². The van der Waals surface area contributed by atoms with Crippen molar-refractivity contribution in [1.82, 2.24) is 10.3 Å². The van der Waals surface area contributed by atoms with Crippen LogP contribution in [0, 0.1) is 13.8 Å². The summed E-state index contributed by atoms with van der Waals surface area (Å²) in [6, 6.07) is 9.02. The first kappa shape index (κ1) is 17.9. The maximum atomic E-state index is 12.2. The lowest BCUT2D eigenvalue weighted by Gasteiger charge is -2.24. The molecule has 0 aliphatic heterocycles. The van der Waals surface area contributed by atoms with Crippen LogP contribution in [-0.4, -0.2) is 32.1 Å². The van der Waals surface area contributed by atoms with Crippen molar-refractivity contribution in [3.63, 3.8) is 0 Å². The fourth-order valence-electron chi connectivity index (χ4n) is 2.35. The lowest BCUT2D eigenvalue weighted by Crippen LogP contribution is -2.40. The molecule has 128 valence electrons. The third kappa shape index (κ3) is 4.79. The van der Waals surface area contributed by atoms with Crippen LogP contribution in [0.3, 0.4) is 0 Å². The van der Waals surface area contributed by atoms with Crippen molar-refractivity contribution in [2.75, 3.05) is 17.1 Å². The summed E-state index contributed by atoms with van der Waals surface area (Å²) in [7, 11) is -3.57. The van der Waals surface area contributed by atoms with Crippen molar-refractivity contribution in [1.29, 1.82) is 0 Å². The average molecular weight is 347 g/mol. The standard InChI is InChI=1S/C17H21N3O3S/c1-13-4-5-16(14(2)10-13)20(24(3,22)23)12-17(21)19-11-15-6-8-18-9-7-15/h4-10H,11-12H2,1-3H3,(H,19,21). The molecule has 1 heterocycles. The highest BCUT2D eigenvalue weighted by molar-refractivity contribution is 7.92. The Labute approximate surface area is 142 Å². The predicted molar refractivity (Wildman–Crippen MR) is 94.2 cm³/mol. The van der Waals surface area contributed by atoms with Crippen LogP contribution in [0.25, 0.3) is 0 Å². The lowest BCUT2D eigenvalue weighted by molar-refractivity contribution is -0.119. The molecule has 1 aromatic carbocycles. The topological polar surface area (TPSA) is 79.4 Å². The van der Waals surface area contributed by atoms with Gasteiger partial charge >= 0.3 is 0 Å². The van der Waals surface area contributed by atoms with E-state index in [1.165, 1.54) is 0 Å². The third-order valence-electron chi connectivity index (χ3n) is 3.55. The first-order valence-electron chi connectivity index (χ1n) is 7.48. The molecule has 0 spiro atoms. The summed E-state index contributed by atoms with van der Waals surface area (Å²) in [5.74, 6) is -0.364. The van der Waals surface area contributed by atoms with Crippen LogP contribution < -0.4 is 9.62 Å². The molecule has 0 bridgehead atoms. The van der Waals surface area contributed by atoms with E-state index in [-0.39, 0.29) is 12.5 Å². The Bertz CT molecular complexity index is 820. The molecule has 0 fully saturated rings. The molecule has 1 amide bonds. The van der Waals surface area contributed by atoms with Gasteiger partial charge in [0.15, 0.2) is 0 Å². The SMILES string of the molecule is Cc1ccc(N(CC(=O)NCc2ccncc2)S(C)(=O)=O)c(C)c1. The van der Waals surface area contributed by atoms with Gasteiger partial charge in [0.05, 0.1) is 11.9 Å². The summed E-state index contributed by atoms with van der Waals surface area (Å²) in [6.07, 6.45) is 4.38. The first-order chi connectivity index (χ1) is 11.3. The molecule has 0 saturated heterocycles. The Morgan fingerprint density at radius 2 is 1.83 bits per heavy atom. The monoisotopic (exact) mass is 347 g/mol. The molecule has 2 rings (SSSR count). The number of benzene rings is 1. The van der Waals surface area contributed by atoms with Gasteiger partial charge in [-0.15, -0.1) is 0 Å². The first-order valence-corrected chi connectivity index (χ1v) is 9.33. The number of carbonyl (C=O) groups excluding carboxylic acids is 1. The highest BCUT2D eigenvalue weighted by Crippen LogP contribution is 2.23. The molecule has 1 N–H and O–H groups in total. The molecule has 0 radical (unpaired) electrons. The molecule has 0 aliphatic rings. The zero-order valence-electron chi connectivity index (χ0n) is 14.0. The van der Waals surface area contributed by atoms with Crippen molar-refractivity contribution >= 4 is 21.6 Å². The Morgan fingerprint density at radius 3 is 2.42 bits per heavy atom. The van der Waals surface area contributed by atoms with Crippen LogP contribution in [0.5, 0.6) is 0 Å².